The first kappa shape index (κ1) is 28.4. The molecule has 2 heterocycles. The Balaban J connectivity index is 1.56. The summed E-state index contributed by atoms with van der Waals surface area (Å²) in [7, 11) is 6.09. The van der Waals surface area contributed by atoms with E-state index in [1.165, 1.54) is 21.3 Å². The number of fused-ring (bicyclic) bond motifs is 5. The molecule has 0 amide bonds. The van der Waals surface area contributed by atoms with E-state index in [1.54, 1.807) is 67.8 Å². The van der Waals surface area contributed by atoms with Crippen LogP contribution in [0.3, 0.4) is 0 Å². The maximum absolute atomic E-state index is 14.9. The molecule has 4 aromatic rings. The Morgan fingerprint density at radius 1 is 0.733 bits per heavy atom. The monoisotopic (exact) mass is 601 g/mol. The van der Waals surface area contributed by atoms with Crippen molar-refractivity contribution in [3.63, 3.8) is 0 Å². The third-order valence-electron chi connectivity index (χ3n) is 9.40. The highest BCUT2D eigenvalue weighted by Crippen LogP contribution is 2.62. The Hall–Kier alpha value is -5.37. The molecule has 0 radical (unpaired) electrons. The van der Waals surface area contributed by atoms with Crippen LogP contribution in [0.1, 0.15) is 48.1 Å². The van der Waals surface area contributed by atoms with Gasteiger partial charge in [-0.05, 0) is 53.6 Å². The Bertz CT molecular complexity index is 1830. The first-order chi connectivity index (χ1) is 21.9. The van der Waals surface area contributed by atoms with E-state index in [0.29, 0.717) is 45.3 Å². The van der Waals surface area contributed by atoms with Gasteiger partial charge in [0, 0.05) is 28.3 Å². The van der Waals surface area contributed by atoms with E-state index in [-0.39, 0.29) is 17.3 Å². The summed E-state index contributed by atoms with van der Waals surface area (Å²) in [6.07, 6.45) is 3.84. The number of anilines is 1. The highest BCUT2D eigenvalue weighted by molar-refractivity contribution is 6.32. The number of carbonyl (C=O) groups excluding carboxylic acids is 3. The summed E-state index contributed by atoms with van der Waals surface area (Å²) >= 11 is 0. The van der Waals surface area contributed by atoms with E-state index < -0.39 is 23.4 Å². The molecule has 8 nitrogen and oxygen atoms in total. The van der Waals surface area contributed by atoms with Crippen LogP contribution in [0, 0.1) is 5.41 Å². The minimum absolute atomic E-state index is 0.236. The highest BCUT2D eigenvalue weighted by atomic mass is 16.5. The van der Waals surface area contributed by atoms with Crippen molar-refractivity contribution in [1.82, 2.24) is 0 Å². The fourth-order valence-corrected chi connectivity index (χ4v) is 7.50. The van der Waals surface area contributed by atoms with Crippen LogP contribution in [0.15, 0.2) is 91.0 Å². The third kappa shape index (κ3) is 3.88. The van der Waals surface area contributed by atoms with Crippen molar-refractivity contribution in [2.45, 2.75) is 18.0 Å². The number of hydrogen-bond donors (Lipinski definition) is 0. The van der Waals surface area contributed by atoms with E-state index in [4.69, 9.17) is 18.9 Å². The molecular formula is C37H31NO7. The molecule has 0 bridgehead atoms. The summed E-state index contributed by atoms with van der Waals surface area (Å²) in [6.45, 7) is 0. The van der Waals surface area contributed by atoms with E-state index in [2.05, 4.69) is 0 Å². The molecule has 226 valence electrons. The molecule has 1 saturated heterocycles. The lowest BCUT2D eigenvalue weighted by molar-refractivity contribution is 0.0665. The number of para-hydroxylation sites is 1. The molecule has 1 fully saturated rings. The van der Waals surface area contributed by atoms with E-state index in [1.807, 2.05) is 41.3 Å². The van der Waals surface area contributed by atoms with Gasteiger partial charge in [0.05, 0.1) is 34.5 Å². The minimum Gasteiger partial charge on any atom is -0.497 e. The average molecular weight is 602 g/mol. The van der Waals surface area contributed by atoms with Gasteiger partial charge < -0.3 is 23.8 Å². The summed E-state index contributed by atoms with van der Waals surface area (Å²) in [5.74, 6) is -0.117. The zero-order valence-electron chi connectivity index (χ0n) is 25.3. The smallest absolute Gasteiger partial charge is 0.203 e. The number of ether oxygens (including phenoxy) is 4. The second-order valence-electron chi connectivity index (χ2n) is 11.3. The Labute approximate surface area is 260 Å². The van der Waals surface area contributed by atoms with Crippen molar-refractivity contribution in [3.05, 3.63) is 119 Å². The largest absolute Gasteiger partial charge is 0.497 e. The van der Waals surface area contributed by atoms with E-state index in [0.717, 1.165) is 11.3 Å². The lowest BCUT2D eigenvalue weighted by atomic mass is 9.64. The van der Waals surface area contributed by atoms with Crippen LogP contribution < -0.4 is 23.8 Å². The van der Waals surface area contributed by atoms with Crippen molar-refractivity contribution >= 4 is 29.1 Å². The Morgan fingerprint density at radius 2 is 1.33 bits per heavy atom. The number of methoxy groups -OCH3 is 4. The lowest BCUT2D eigenvalue weighted by Crippen LogP contribution is -2.48. The molecule has 3 atom stereocenters. The van der Waals surface area contributed by atoms with E-state index >= 15 is 0 Å². The predicted molar refractivity (Wildman–Crippen MR) is 169 cm³/mol. The Morgan fingerprint density at radius 3 is 1.91 bits per heavy atom. The number of Topliss-reactive ketones (excluding diaryl/α,β-unsaturated/α-hetero) is 3. The van der Waals surface area contributed by atoms with Gasteiger partial charge in [-0.15, -0.1) is 0 Å². The molecule has 3 aliphatic rings. The molecule has 0 N–H and O–H groups in total. The summed E-state index contributed by atoms with van der Waals surface area (Å²) in [5, 5.41) is 0. The summed E-state index contributed by atoms with van der Waals surface area (Å²) < 4.78 is 22.4. The molecule has 1 unspecified atom stereocenters. The van der Waals surface area contributed by atoms with Crippen LogP contribution >= 0.6 is 0 Å². The molecule has 4 aromatic carbocycles. The van der Waals surface area contributed by atoms with Crippen LogP contribution in [-0.2, 0) is 0 Å². The number of nitrogens with zero attached hydrogens (tertiary/aromatic N) is 1. The molecule has 45 heavy (non-hydrogen) atoms. The molecule has 1 aliphatic carbocycles. The average Bonchev–Trinajstić information content (AvgIpc) is 3.53. The number of carbonyl (C=O) groups is 3. The molecule has 0 aromatic heterocycles. The molecule has 0 saturated carbocycles. The normalized spacial score (nSPS) is 20.4. The summed E-state index contributed by atoms with van der Waals surface area (Å²) in [4.78, 5) is 46.7. The number of hydrogen-bond acceptors (Lipinski definition) is 8. The van der Waals surface area contributed by atoms with Crippen LogP contribution in [0.2, 0.25) is 0 Å². The van der Waals surface area contributed by atoms with Crippen molar-refractivity contribution in [2.75, 3.05) is 33.3 Å². The SMILES string of the molecule is COc1ccc(C(=O)[C@H]2[C@H](c3cc(OC)c(OC)c(OC)c3)C3(C(=O)c4ccccc4C3=O)C3C=Cc4ccccc4N32)cc1. The second kappa shape index (κ2) is 10.7. The molecule has 2 aliphatic heterocycles. The first-order valence-corrected chi connectivity index (χ1v) is 14.6. The van der Waals surface area contributed by atoms with Crippen LogP contribution in [-0.4, -0.2) is 57.9 Å². The third-order valence-corrected chi connectivity index (χ3v) is 9.40. The second-order valence-corrected chi connectivity index (χ2v) is 11.3. The van der Waals surface area contributed by atoms with Crippen molar-refractivity contribution in [1.29, 1.82) is 0 Å². The summed E-state index contributed by atoms with van der Waals surface area (Å²) in [5.41, 5.74) is 1.67. The fraction of sp³-hybridized carbons (Fsp3) is 0.216. The van der Waals surface area contributed by atoms with Gasteiger partial charge in [-0.25, -0.2) is 0 Å². The highest BCUT2D eigenvalue weighted by Gasteiger charge is 2.71. The zero-order valence-corrected chi connectivity index (χ0v) is 25.3. The zero-order chi connectivity index (χ0) is 31.5. The van der Waals surface area contributed by atoms with Gasteiger partial charge in [-0.1, -0.05) is 54.6 Å². The summed E-state index contributed by atoms with van der Waals surface area (Å²) in [6, 6.07) is 23.3. The topological polar surface area (TPSA) is 91.4 Å². The van der Waals surface area contributed by atoms with Gasteiger partial charge in [0.1, 0.15) is 17.2 Å². The molecular weight excluding hydrogens is 570 g/mol. The van der Waals surface area contributed by atoms with E-state index in [9.17, 15) is 14.4 Å². The standard InChI is InChI=1S/C37H31NO7/c1-42-24-16-13-22(14-17-24)33(39)32-31(23-19-28(43-2)34(45-4)29(20-23)44-3)37(35(40)25-10-6-7-11-26(25)36(37)41)30-18-15-21-9-5-8-12-27(21)38(30)32/h5-20,30-32H,1-4H3/t30?,31-,32+/m0/s1. The molecule has 1 spiro atoms. The predicted octanol–water partition coefficient (Wildman–Crippen LogP) is 6.04. The first-order valence-electron chi connectivity index (χ1n) is 14.6. The van der Waals surface area contributed by atoms with Crippen molar-refractivity contribution in [3.8, 4) is 23.0 Å². The molecule has 8 heteroatoms. The van der Waals surface area contributed by atoms with Crippen molar-refractivity contribution < 1.29 is 33.3 Å². The quantitative estimate of drug-likeness (QED) is 0.187. The maximum atomic E-state index is 14.9. The van der Waals surface area contributed by atoms with Gasteiger partial charge in [0.15, 0.2) is 28.8 Å². The van der Waals surface area contributed by atoms with Crippen LogP contribution in [0.4, 0.5) is 5.69 Å². The number of benzene rings is 4. The van der Waals surface area contributed by atoms with Gasteiger partial charge in [0.2, 0.25) is 5.75 Å². The van der Waals surface area contributed by atoms with Gasteiger partial charge in [0.25, 0.3) is 0 Å². The van der Waals surface area contributed by atoms with Crippen LogP contribution in [0.5, 0.6) is 23.0 Å². The number of rotatable bonds is 7. The van der Waals surface area contributed by atoms with Gasteiger partial charge in [-0.2, -0.15) is 0 Å². The molecule has 7 rings (SSSR count). The maximum Gasteiger partial charge on any atom is 0.203 e. The van der Waals surface area contributed by atoms with Gasteiger partial charge >= 0.3 is 0 Å². The number of ketones is 3. The van der Waals surface area contributed by atoms with Gasteiger partial charge in [-0.3, -0.25) is 14.4 Å². The fourth-order valence-electron chi connectivity index (χ4n) is 7.50. The van der Waals surface area contributed by atoms with Crippen molar-refractivity contribution in [2.24, 2.45) is 5.41 Å². The van der Waals surface area contributed by atoms with Crippen LogP contribution in [0.25, 0.3) is 6.08 Å². The Kier molecular flexibility index (Phi) is 6.73. The lowest BCUT2D eigenvalue weighted by Gasteiger charge is -2.37. The minimum atomic E-state index is -1.66.